The van der Waals surface area contributed by atoms with E-state index in [0.717, 1.165) is 0 Å². The zero-order valence-corrected chi connectivity index (χ0v) is 14.1. The number of phenols is 1. The lowest BCUT2D eigenvalue weighted by atomic mass is 10.1. The van der Waals surface area contributed by atoms with E-state index in [4.69, 9.17) is 19.9 Å². The number of nitrogens with zero attached hydrogens (tertiary/aromatic N) is 1. The van der Waals surface area contributed by atoms with Crippen molar-refractivity contribution in [2.75, 3.05) is 26.5 Å². The summed E-state index contributed by atoms with van der Waals surface area (Å²) in [6.07, 6.45) is 0.278. The van der Waals surface area contributed by atoms with E-state index in [1.165, 1.54) is 25.2 Å². The van der Waals surface area contributed by atoms with E-state index >= 15 is 0 Å². The molecular formula is C18H20N2O5. The number of carbonyl (C=O) groups excluding carboxylic acids is 1. The average molecular weight is 344 g/mol. The molecule has 0 bridgehead atoms. The molecule has 1 amide bonds. The molecule has 2 aromatic rings. The zero-order chi connectivity index (χ0) is 18.0. The van der Waals surface area contributed by atoms with Gasteiger partial charge >= 0.3 is 0 Å². The fourth-order valence-electron chi connectivity index (χ4n) is 2.68. The molecule has 7 nitrogen and oxygen atoms in total. The monoisotopic (exact) mass is 344 g/mol. The molecule has 2 aromatic carbocycles. The summed E-state index contributed by atoms with van der Waals surface area (Å²) >= 11 is 0. The van der Waals surface area contributed by atoms with E-state index < -0.39 is 6.23 Å². The average Bonchev–Trinajstić information content (AvgIpc) is 2.57. The molecule has 0 spiro atoms. The van der Waals surface area contributed by atoms with Gasteiger partial charge in [0.1, 0.15) is 28.6 Å². The molecule has 1 aliphatic heterocycles. The largest absolute Gasteiger partial charge is 0.507 e. The van der Waals surface area contributed by atoms with Crippen molar-refractivity contribution in [3.63, 3.8) is 0 Å². The van der Waals surface area contributed by atoms with Crippen LogP contribution in [0.3, 0.4) is 0 Å². The number of ether oxygens (including phenoxy) is 3. The number of hydrogen-bond donors (Lipinski definition) is 2. The Hall–Kier alpha value is -3.09. The van der Waals surface area contributed by atoms with Crippen LogP contribution in [0.1, 0.15) is 16.8 Å². The lowest BCUT2D eigenvalue weighted by Crippen LogP contribution is -2.54. The third kappa shape index (κ3) is 3.26. The molecule has 0 radical (unpaired) electrons. The maximum absolute atomic E-state index is 12.8. The molecule has 1 saturated heterocycles. The Morgan fingerprint density at radius 2 is 2.00 bits per heavy atom. The van der Waals surface area contributed by atoms with Gasteiger partial charge in [-0.05, 0) is 12.1 Å². The van der Waals surface area contributed by atoms with E-state index in [-0.39, 0.29) is 23.0 Å². The minimum absolute atomic E-state index is 0.0872. The van der Waals surface area contributed by atoms with E-state index in [9.17, 15) is 9.90 Å². The van der Waals surface area contributed by atoms with Gasteiger partial charge in [0.2, 0.25) is 0 Å². The Bertz CT molecular complexity index is 793. The quantitative estimate of drug-likeness (QED) is 0.808. The highest BCUT2D eigenvalue weighted by molar-refractivity contribution is 6.00. The third-order valence-corrected chi connectivity index (χ3v) is 4.08. The summed E-state index contributed by atoms with van der Waals surface area (Å²) in [5.41, 5.74) is 6.42. The number of anilines is 1. The van der Waals surface area contributed by atoms with Gasteiger partial charge in [0.05, 0.1) is 14.2 Å². The summed E-state index contributed by atoms with van der Waals surface area (Å²) in [5.74, 6) is 0.680. The molecule has 25 heavy (non-hydrogen) atoms. The number of nitrogens with two attached hydrogens (primary N) is 1. The van der Waals surface area contributed by atoms with Crippen molar-refractivity contribution < 1.29 is 24.1 Å². The lowest BCUT2D eigenvalue weighted by Gasteiger charge is -2.40. The Balaban J connectivity index is 1.81. The van der Waals surface area contributed by atoms with Gasteiger partial charge < -0.3 is 30.0 Å². The summed E-state index contributed by atoms with van der Waals surface area (Å²) in [5, 5.41) is 10.2. The second kappa shape index (κ2) is 6.80. The minimum atomic E-state index is -0.416. The summed E-state index contributed by atoms with van der Waals surface area (Å²) in [6, 6.07) is 9.96. The number of aromatic hydroxyl groups is 1. The van der Waals surface area contributed by atoms with Crippen LogP contribution in [-0.2, 0) is 0 Å². The Kier molecular flexibility index (Phi) is 4.56. The minimum Gasteiger partial charge on any atom is -0.507 e. The number of rotatable bonds is 5. The van der Waals surface area contributed by atoms with Crippen LogP contribution >= 0.6 is 0 Å². The second-order valence-electron chi connectivity index (χ2n) is 5.66. The maximum Gasteiger partial charge on any atom is 0.264 e. The van der Waals surface area contributed by atoms with Crippen molar-refractivity contribution in [2.24, 2.45) is 0 Å². The topological polar surface area (TPSA) is 94.2 Å². The van der Waals surface area contributed by atoms with Gasteiger partial charge in [-0.2, -0.15) is 0 Å². The Morgan fingerprint density at radius 3 is 2.60 bits per heavy atom. The van der Waals surface area contributed by atoms with Crippen LogP contribution < -0.4 is 19.9 Å². The molecule has 7 heteroatoms. The van der Waals surface area contributed by atoms with Crippen molar-refractivity contribution in [1.29, 1.82) is 0 Å². The predicted molar refractivity (Wildman–Crippen MR) is 92.1 cm³/mol. The molecule has 3 rings (SSSR count). The van der Waals surface area contributed by atoms with Crippen molar-refractivity contribution in [3.05, 3.63) is 42.0 Å². The first kappa shape index (κ1) is 16.8. The summed E-state index contributed by atoms with van der Waals surface area (Å²) in [4.78, 5) is 14.4. The number of amides is 1. The zero-order valence-electron chi connectivity index (χ0n) is 14.1. The van der Waals surface area contributed by atoms with Crippen LogP contribution in [0.2, 0.25) is 0 Å². The molecular weight excluding hydrogens is 324 g/mol. The predicted octanol–water partition coefficient (Wildman–Crippen LogP) is 2.24. The highest BCUT2D eigenvalue weighted by atomic mass is 16.5. The molecule has 1 aliphatic rings. The molecule has 1 heterocycles. The Labute approximate surface area is 145 Å². The molecule has 0 aromatic heterocycles. The van der Waals surface area contributed by atoms with Crippen LogP contribution in [0.25, 0.3) is 0 Å². The smallest absolute Gasteiger partial charge is 0.264 e. The van der Waals surface area contributed by atoms with E-state index in [1.807, 2.05) is 0 Å². The van der Waals surface area contributed by atoms with Gasteiger partial charge in [-0.1, -0.05) is 6.07 Å². The second-order valence-corrected chi connectivity index (χ2v) is 5.66. The van der Waals surface area contributed by atoms with Crippen LogP contribution in [0.15, 0.2) is 36.4 Å². The van der Waals surface area contributed by atoms with Crippen molar-refractivity contribution in [2.45, 2.75) is 12.6 Å². The van der Waals surface area contributed by atoms with Crippen molar-refractivity contribution in [1.82, 2.24) is 4.90 Å². The normalized spacial score (nSPS) is 16.1. The van der Waals surface area contributed by atoms with Crippen LogP contribution in [-0.4, -0.2) is 42.9 Å². The van der Waals surface area contributed by atoms with Crippen molar-refractivity contribution in [3.8, 4) is 23.0 Å². The highest BCUT2D eigenvalue weighted by Gasteiger charge is 2.37. The molecule has 3 N–H and O–H groups in total. The van der Waals surface area contributed by atoms with Gasteiger partial charge in [-0.15, -0.1) is 0 Å². The van der Waals surface area contributed by atoms with Gasteiger partial charge in [0, 0.05) is 36.9 Å². The number of carbonyl (C=O) groups is 1. The van der Waals surface area contributed by atoms with Crippen LogP contribution in [0.4, 0.5) is 5.69 Å². The van der Waals surface area contributed by atoms with Crippen LogP contribution in [0.5, 0.6) is 23.0 Å². The number of likely N-dealkylation sites (tertiary alicyclic amines) is 1. The fourth-order valence-corrected chi connectivity index (χ4v) is 2.68. The first-order valence-electron chi connectivity index (χ1n) is 7.81. The highest BCUT2D eigenvalue weighted by Crippen LogP contribution is 2.36. The fraction of sp³-hybridized carbons (Fsp3) is 0.278. The molecule has 1 atom stereocenters. The van der Waals surface area contributed by atoms with Crippen molar-refractivity contribution >= 4 is 11.6 Å². The number of phenolic OH excluding ortho intramolecular Hbond substituents is 1. The number of methoxy groups -OCH3 is 2. The molecule has 0 aliphatic carbocycles. The van der Waals surface area contributed by atoms with E-state index in [2.05, 4.69) is 0 Å². The number of hydrogen-bond acceptors (Lipinski definition) is 6. The third-order valence-electron chi connectivity index (χ3n) is 4.08. The van der Waals surface area contributed by atoms with Gasteiger partial charge in [-0.25, -0.2) is 0 Å². The molecule has 132 valence electrons. The standard InChI is InChI=1S/C18H20N2O5/c1-23-13-9-14(21)17(15(10-13)24-2)18(22)20-7-6-16(20)25-12-5-3-4-11(19)8-12/h3-5,8-10,16,21H,6-7,19H2,1-2H3. The van der Waals surface area contributed by atoms with Gasteiger partial charge in [-0.3, -0.25) is 4.79 Å². The van der Waals surface area contributed by atoms with E-state index in [1.54, 1.807) is 30.3 Å². The first-order chi connectivity index (χ1) is 12.0. The first-order valence-corrected chi connectivity index (χ1v) is 7.81. The maximum atomic E-state index is 12.8. The van der Waals surface area contributed by atoms with Gasteiger partial charge in [0.25, 0.3) is 5.91 Å². The van der Waals surface area contributed by atoms with E-state index in [0.29, 0.717) is 30.2 Å². The lowest BCUT2D eigenvalue weighted by molar-refractivity contribution is -0.0353. The Morgan fingerprint density at radius 1 is 1.20 bits per heavy atom. The number of nitrogen functional groups attached to an aromatic ring is 1. The molecule has 1 fully saturated rings. The number of benzene rings is 2. The summed E-state index contributed by atoms with van der Waals surface area (Å²) in [6.45, 7) is 0.528. The SMILES string of the molecule is COc1cc(O)c(C(=O)N2CCC2Oc2cccc(N)c2)c(OC)c1. The molecule has 1 unspecified atom stereocenters. The van der Waals surface area contributed by atoms with Gasteiger partial charge in [0.15, 0.2) is 6.23 Å². The summed E-state index contributed by atoms with van der Waals surface area (Å²) in [7, 11) is 2.91. The summed E-state index contributed by atoms with van der Waals surface area (Å²) < 4.78 is 16.1. The van der Waals surface area contributed by atoms with Crippen LogP contribution in [0, 0.1) is 0 Å². The molecule has 0 saturated carbocycles.